The van der Waals surface area contributed by atoms with E-state index in [0.717, 1.165) is 62.3 Å². The van der Waals surface area contributed by atoms with E-state index in [-0.39, 0.29) is 144 Å². The van der Waals surface area contributed by atoms with Gasteiger partial charge in [0, 0.05) is 121 Å². The van der Waals surface area contributed by atoms with Gasteiger partial charge in [0.1, 0.15) is 62.0 Å². The molecule has 6 amide bonds. The second kappa shape index (κ2) is 62.0. The van der Waals surface area contributed by atoms with Gasteiger partial charge in [0.15, 0.2) is 55.5 Å². The van der Waals surface area contributed by atoms with E-state index in [0.29, 0.717) is 17.7 Å². The molecular formula is C83H129N8O38P. The van der Waals surface area contributed by atoms with Crippen molar-refractivity contribution in [3.8, 4) is 18.1 Å². The van der Waals surface area contributed by atoms with Gasteiger partial charge < -0.3 is 140 Å². The quantitative estimate of drug-likeness (QED) is 0.0152. The number of amides is 6. The lowest BCUT2D eigenvalue weighted by Crippen LogP contribution is -2.66. The minimum atomic E-state index is -1.68. The molecule has 3 fully saturated rings. The van der Waals surface area contributed by atoms with Gasteiger partial charge in [0.05, 0.1) is 125 Å². The lowest BCUT2D eigenvalue weighted by molar-refractivity contribution is -0.279. The third-order valence-corrected chi connectivity index (χ3v) is 20.3. The van der Waals surface area contributed by atoms with Gasteiger partial charge >= 0.3 is 62.2 Å². The fraction of sp³-hybridized carbons (Fsp3) is 0.723. The molecule has 47 heteroatoms. The Kier molecular flexibility index (Phi) is 53.8. The Morgan fingerprint density at radius 2 is 0.692 bits per heavy atom. The molecule has 130 heavy (non-hydrogen) atoms. The number of nitrogens with one attached hydrogen (secondary N) is 6. The summed E-state index contributed by atoms with van der Waals surface area (Å²) in [5, 5.41) is 16.3. The van der Waals surface area contributed by atoms with Crippen LogP contribution in [0.2, 0.25) is 0 Å². The molecule has 1 aromatic rings. The largest absolute Gasteiger partial charge is 0.463 e. The molecule has 17 atom stereocenters. The lowest BCUT2D eigenvalue weighted by Gasteiger charge is -2.44. The fourth-order valence-corrected chi connectivity index (χ4v) is 14.8. The molecule has 3 heterocycles. The van der Waals surface area contributed by atoms with Crippen molar-refractivity contribution in [1.82, 2.24) is 41.5 Å². The van der Waals surface area contributed by atoms with Crippen LogP contribution in [0.25, 0.3) is 0 Å². The topological polar surface area (TPSA) is 547 Å². The minimum Gasteiger partial charge on any atom is -0.463 e. The van der Waals surface area contributed by atoms with Crippen LogP contribution in [0.1, 0.15) is 123 Å². The number of rotatable bonds is 61. The number of hydrogen-bond donors (Lipinski definition) is 6. The van der Waals surface area contributed by atoms with E-state index in [1.807, 2.05) is 27.7 Å². The van der Waals surface area contributed by atoms with Gasteiger partial charge in [-0.05, 0) is 51.8 Å². The standard InChI is InChI=1S/C83H129N8O38P/c1-18-19-27-119-130(91(49(2)3)50(4)5)129-64-22-20-63(21-23-64)43-65(80(106)86-26-30-109-33-36-112-39-42-115-83-73(89-53(8)94)79(125-62(17)103)76(122-59(14)100)68(128-83)48-118-56(11)97)90(44-69(104)84-24-28-107-31-34-110-37-40-113-81-71(87-51(6)92)77(123-60(15)101)74(120-57(12)98)66(126-81)46-116-54(9)95)45-70(105)85-25-29-108-32-35-111-38-41-114-82-72(88-52(7)93)78(124-61(16)102)75(121-58(13)99)67(127-82)47-117-55(10)96/h1,20-23,49-50,65-68,71-79,81-83H,19,24-48H2,2-17H3,(H,84,104)(H,85,105)(H,86,106)(H,87,92)(H,88,93)(H,89,94). The summed E-state index contributed by atoms with van der Waals surface area (Å²) in [6, 6.07) is 2.00. The van der Waals surface area contributed by atoms with Crippen molar-refractivity contribution in [3.05, 3.63) is 29.8 Å². The van der Waals surface area contributed by atoms with Crippen LogP contribution in [0.15, 0.2) is 24.3 Å². The zero-order valence-corrected chi connectivity index (χ0v) is 77.4. The van der Waals surface area contributed by atoms with Crippen LogP contribution in [-0.4, -0.2) is 367 Å². The van der Waals surface area contributed by atoms with Crippen molar-refractivity contribution in [1.29, 1.82) is 0 Å². The van der Waals surface area contributed by atoms with E-state index in [2.05, 4.69) is 42.5 Å². The van der Waals surface area contributed by atoms with Crippen molar-refractivity contribution in [2.45, 2.75) is 234 Å². The van der Waals surface area contributed by atoms with E-state index in [1.165, 1.54) is 25.7 Å². The maximum atomic E-state index is 14.9. The van der Waals surface area contributed by atoms with Gasteiger partial charge in [-0.3, -0.25) is 76.8 Å². The Morgan fingerprint density at radius 3 is 0.985 bits per heavy atom. The molecule has 0 aromatic heterocycles. The van der Waals surface area contributed by atoms with E-state index in [1.54, 1.807) is 24.3 Å². The first-order valence-corrected chi connectivity index (χ1v) is 43.4. The summed E-state index contributed by atoms with van der Waals surface area (Å²) in [7, 11) is -1.68. The normalized spacial score (nSPS) is 22.2. The molecule has 3 saturated heterocycles. The van der Waals surface area contributed by atoms with Crippen molar-refractivity contribution in [2.75, 3.05) is 158 Å². The SMILES string of the molecule is C#CCCOP(Oc1ccc(CC(C(=O)NCCOCCOCCOC2OC(COC(C)=O)C(OC(C)=O)C(OC(C)=O)C2NC(C)=O)N(CC(=O)NCCOCCOCCOC2OC(COC(C)=O)C(OC(C)=O)C(OC(C)=O)C2NC(C)=O)CC(=O)NCCOCCOCCOC2OC(COC(C)=O)C(OC(C)=O)C(OC(C)=O)C2NC(C)=O)cc1)N(C(C)C)C(C)C. The molecule has 0 aliphatic carbocycles. The summed E-state index contributed by atoms with van der Waals surface area (Å²) in [5.74, 6) is -7.34. The molecular weight excluding hydrogens is 1750 g/mol. The summed E-state index contributed by atoms with van der Waals surface area (Å²) in [6.45, 7) is 18.6. The highest BCUT2D eigenvalue weighted by molar-refractivity contribution is 7.45. The highest BCUT2D eigenvalue weighted by Crippen LogP contribution is 2.46. The molecule has 0 saturated carbocycles. The van der Waals surface area contributed by atoms with Crippen LogP contribution in [0.5, 0.6) is 5.75 Å². The van der Waals surface area contributed by atoms with Crippen LogP contribution in [0.4, 0.5) is 0 Å². The minimum absolute atomic E-state index is 0.00337. The predicted molar refractivity (Wildman–Crippen MR) is 448 cm³/mol. The van der Waals surface area contributed by atoms with Crippen LogP contribution in [-0.2, 0) is 182 Å². The Hall–Kier alpha value is -9.54. The number of carbonyl (C=O) groups is 15. The van der Waals surface area contributed by atoms with Crippen molar-refractivity contribution >= 4 is 97.7 Å². The number of benzene rings is 1. The van der Waals surface area contributed by atoms with Gasteiger partial charge in [0.25, 0.3) is 0 Å². The molecule has 0 spiro atoms. The van der Waals surface area contributed by atoms with E-state index >= 15 is 0 Å². The Bertz CT molecular complexity index is 3640. The van der Waals surface area contributed by atoms with E-state index < -0.39 is 229 Å². The third kappa shape index (κ3) is 44.6. The average molecular weight is 1880 g/mol. The third-order valence-electron chi connectivity index (χ3n) is 18.2. The zero-order valence-electron chi connectivity index (χ0n) is 76.5. The molecule has 734 valence electrons. The number of ether oxygens (including phenoxy) is 21. The van der Waals surface area contributed by atoms with Gasteiger partial charge in [0.2, 0.25) is 35.4 Å². The van der Waals surface area contributed by atoms with Crippen LogP contribution in [0.3, 0.4) is 0 Å². The molecule has 0 radical (unpaired) electrons. The van der Waals surface area contributed by atoms with Crippen molar-refractivity contribution < 1.29 is 180 Å². The number of hydrogen-bond acceptors (Lipinski definition) is 40. The number of carbonyl (C=O) groups excluding carboxylic acids is 15. The summed E-state index contributed by atoms with van der Waals surface area (Å²) in [4.78, 5) is 191. The summed E-state index contributed by atoms with van der Waals surface area (Å²) >= 11 is 0. The molecule has 46 nitrogen and oxygen atoms in total. The van der Waals surface area contributed by atoms with Gasteiger partial charge in [-0.25, -0.2) is 4.67 Å². The molecule has 4 rings (SSSR count). The van der Waals surface area contributed by atoms with Crippen LogP contribution >= 0.6 is 8.53 Å². The van der Waals surface area contributed by atoms with Crippen molar-refractivity contribution in [2.24, 2.45) is 0 Å². The summed E-state index contributed by atoms with van der Waals surface area (Å²) < 4.78 is 134. The average Bonchev–Trinajstić information content (AvgIpc) is 0.789. The lowest BCUT2D eigenvalue weighted by atomic mass is 9.96. The highest BCUT2D eigenvalue weighted by atomic mass is 31.2. The molecule has 3 aliphatic rings. The molecule has 1 aromatic carbocycles. The maximum absolute atomic E-state index is 14.9. The highest BCUT2D eigenvalue weighted by Gasteiger charge is 2.55. The molecule has 3 aliphatic heterocycles. The van der Waals surface area contributed by atoms with Gasteiger partial charge in [-0.1, -0.05) is 12.1 Å². The molecule has 6 N–H and O–H groups in total. The second-order valence-corrected chi connectivity index (χ2v) is 31.3. The van der Waals surface area contributed by atoms with Crippen LogP contribution < -0.4 is 36.4 Å². The number of nitrogens with zero attached hydrogens (tertiary/aromatic N) is 2. The summed E-state index contributed by atoms with van der Waals surface area (Å²) in [6.07, 6.45) is -9.83. The Morgan fingerprint density at radius 1 is 0.392 bits per heavy atom. The van der Waals surface area contributed by atoms with E-state index in [4.69, 9.17) is 115 Å². The Labute approximate surface area is 756 Å². The zero-order chi connectivity index (χ0) is 96.4. The monoisotopic (exact) mass is 1880 g/mol. The van der Waals surface area contributed by atoms with Gasteiger partial charge in [-0.15, -0.1) is 12.3 Å². The van der Waals surface area contributed by atoms with E-state index in [9.17, 15) is 71.9 Å². The first kappa shape index (κ1) is 113. The molecule has 17 unspecified atom stereocenters. The Balaban J connectivity index is 1.52. The predicted octanol–water partition coefficient (Wildman–Crippen LogP) is -0.870. The van der Waals surface area contributed by atoms with Crippen LogP contribution in [0, 0.1) is 12.3 Å². The smallest absolute Gasteiger partial charge is 0.321 e. The van der Waals surface area contributed by atoms with Gasteiger partial charge in [-0.2, -0.15) is 0 Å². The molecule has 0 bridgehead atoms. The number of terminal acetylenes is 1. The first-order chi connectivity index (χ1) is 61.8. The fourth-order valence-electron chi connectivity index (χ4n) is 13.3. The summed E-state index contributed by atoms with van der Waals surface area (Å²) in [5.41, 5.74) is 0.576. The first-order valence-electron chi connectivity index (χ1n) is 42.3. The maximum Gasteiger partial charge on any atom is 0.321 e. The van der Waals surface area contributed by atoms with Crippen molar-refractivity contribution in [3.63, 3.8) is 0 Å². The number of esters is 9. The second-order valence-electron chi connectivity index (χ2n) is 29.9.